The van der Waals surface area contributed by atoms with Crippen LogP contribution in [-0.2, 0) is 10.0 Å². The number of H-pyrrole nitrogens is 1. The van der Waals surface area contributed by atoms with Gasteiger partial charge in [0.05, 0.1) is 10.9 Å². The van der Waals surface area contributed by atoms with Crippen molar-refractivity contribution in [3.8, 4) is 0 Å². The Morgan fingerprint density at radius 3 is 2.67 bits per heavy atom. The van der Waals surface area contributed by atoms with Gasteiger partial charge in [0.1, 0.15) is 34.3 Å². The minimum absolute atomic E-state index is 0.0219. The van der Waals surface area contributed by atoms with Gasteiger partial charge in [0, 0.05) is 23.5 Å². The fourth-order valence-corrected chi connectivity index (χ4v) is 4.06. The molecule has 0 fully saturated rings. The Bertz CT molecular complexity index is 1400. The Kier molecular flexibility index (Phi) is 4.66. The molecule has 0 saturated heterocycles. The van der Waals surface area contributed by atoms with Crippen LogP contribution in [0.1, 0.15) is 15.9 Å². The normalized spacial score (nSPS) is 11.5. The van der Waals surface area contributed by atoms with Gasteiger partial charge in [-0.2, -0.15) is 0 Å². The summed E-state index contributed by atoms with van der Waals surface area (Å²) < 4.78 is 54.1. The standard InChI is InChI=1S/C19H13F2N5O3S/c20-11-4-5-15(14(21)7-11)30(28,29)26-12-3-1-2-10(6-12)17(27)13-8-23-19-16(13)18(22)24-9-25-19/h1-9,26H,(H3,22,23,24,25). The second-order valence-electron chi connectivity index (χ2n) is 6.28. The number of nitrogens with zero attached hydrogens (tertiary/aromatic N) is 2. The molecule has 30 heavy (non-hydrogen) atoms. The van der Waals surface area contributed by atoms with E-state index in [2.05, 4.69) is 19.7 Å². The van der Waals surface area contributed by atoms with Crippen LogP contribution in [0.25, 0.3) is 11.0 Å². The Hall–Kier alpha value is -3.86. The highest BCUT2D eigenvalue weighted by atomic mass is 32.2. The highest BCUT2D eigenvalue weighted by Gasteiger charge is 2.21. The summed E-state index contributed by atoms with van der Waals surface area (Å²) in [5, 5.41) is 0.349. The van der Waals surface area contributed by atoms with E-state index in [0.717, 1.165) is 12.1 Å². The molecule has 0 amide bonds. The molecular formula is C19H13F2N5O3S. The number of hydrogen-bond acceptors (Lipinski definition) is 6. The van der Waals surface area contributed by atoms with Crippen molar-refractivity contribution in [1.82, 2.24) is 15.0 Å². The van der Waals surface area contributed by atoms with Crippen LogP contribution in [0.3, 0.4) is 0 Å². The first-order valence-corrected chi connectivity index (χ1v) is 9.95. The number of ketones is 1. The summed E-state index contributed by atoms with van der Waals surface area (Å²) in [6.45, 7) is 0. The number of hydrogen-bond donors (Lipinski definition) is 3. The Morgan fingerprint density at radius 1 is 1.10 bits per heavy atom. The number of aromatic amines is 1. The number of carbonyl (C=O) groups excluding carboxylic acids is 1. The molecule has 4 N–H and O–H groups in total. The molecule has 8 nitrogen and oxygen atoms in total. The lowest BCUT2D eigenvalue weighted by Gasteiger charge is -2.10. The number of nitrogens with two attached hydrogens (primary N) is 1. The second-order valence-corrected chi connectivity index (χ2v) is 7.93. The van der Waals surface area contributed by atoms with Gasteiger partial charge in [0.2, 0.25) is 0 Å². The molecule has 0 aliphatic carbocycles. The van der Waals surface area contributed by atoms with Gasteiger partial charge in [-0.3, -0.25) is 9.52 Å². The molecule has 0 bridgehead atoms. The largest absolute Gasteiger partial charge is 0.383 e. The van der Waals surface area contributed by atoms with Crippen LogP contribution in [0.5, 0.6) is 0 Å². The van der Waals surface area contributed by atoms with E-state index in [4.69, 9.17) is 5.73 Å². The predicted molar refractivity (Wildman–Crippen MR) is 105 cm³/mol. The molecule has 2 aromatic heterocycles. The van der Waals surface area contributed by atoms with Gasteiger partial charge >= 0.3 is 0 Å². The van der Waals surface area contributed by atoms with Crippen LogP contribution < -0.4 is 10.5 Å². The summed E-state index contributed by atoms with van der Waals surface area (Å²) in [5.74, 6) is -2.46. The zero-order chi connectivity index (χ0) is 21.5. The van der Waals surface area contributed by atoms with Crippen molar-refractivity contribution in [2.45, 2.75) is 4.90 Å². The lowest BCUT2D eigenvalue weighted by molar-refractivity contribution is 0.104. The van der Waals surface area contributed by atoms with Crippen molar-refractivity contribution >= 4 is 38.3 Å². The van der Waals surface area contributed by atoms with Crippen molar-refractivity contribution in [2.75, 3.05) is 10.5 Å². The highest BCUT2D eigenvalue weighted by molar-refractivity contribution is 7.92. The van der Waals surface area contributed by atoms with E-state index in [0.29, 0.717) is 17.1 Å². The summed E-state index contributed by atoms with van der Waals surface area (Å²) in [6.07, 6.45) is 2.69. The fraction of sp³-hybridized carbons (Fsp3) is 0. The SMILES string of the molecule is Nc1ncnc2[nH]cc(C(=O)c3cccc(NS(=O)(=O)c4ccc(F)cc4F)c3)c12. The molecule has 11 heteroatoms. The van der Waals surface area contributed by atoms with Gasteiger partial charge in [0.25, 0.3) is 10.0 Å². The zero-order valence-electron chi connectivity index (χ0n) is 15.1. The summed E-state index contributed by atoms with van der Waals surface area (Å²) in [4.78, 5) is 22.9. The molecule has 0 aliphatic rings. The number of rotatable bonds is 5. The third-order valence-electron chi connectivity index (χ3n) is 4.30. The van der Waals surface area contributed by atoms with Crippen molar-refractivity contribution < 1.29 is 22.0 Å². The maximum Gasteiger partial charge on any atom is 0.264 e. The smallest absolute Gasteiger partial charge is 0.264 e. The molecule has 0 spiro atoms. The fourth-order valence-electron chi connectivity index (χ4n) is 2.95. The average Bonchev–Trinajstić information content (AvgIpc) is 3.12. The van der Waals surface area contributed by atoms with Crippen LogP contribution in [0, 0.1) is 11.6 Å². The first-order valence-electron chi connectivity index (χ1n) is 8.46. The predicted octanol–water partition coefficient (Wildman–Crippen LogP) is 2.85. The molecule has 0 saturated carbocycles. The summed E-state index contributed by atoms with van der Waals surface area (Å²) in [5.41, 5.74) is 6.62. The van der Waals surface area contributed by atoms with Crippen molar-refractivity contribution in [2.24, 2.45) is 0 Å². The number of fused-ring (bicyclic) bond motifs is 1. The maximum atomic E-state index is 13.9. The minimum Gasteiger partial charge on any atom is -0.383 e. The number of anilines is 2. The lowest BCUT2D eigenvalue weighted by Crippen LogP contribution is -2.15. The second kappa shape index (κ2) is 7.19. The topological polar surface area (TPSA) is 131 Å². The van der Waals surface area contributed by atoms with Crippen LogP contribution in [0.15, 0.2) is 59.9 Å². The van der Waals surface area contributed by atoms with E-state index in [9.17, 15) is 22.0 Å². The quantitative estimate of drug-likeness (QED) is 0.418. The first-order chi connectivity index (χ1) is 14.3. The Labute approximate surface area is 168 Å². The van der Waals surface area contributed by atoms with E-state index in [-0.39, 0.29) is 22.6 Å². The minimum atomic E-state index is -4.35. The number of sulfonamides is 1. The number of nitrogen functional groups attached to an aromatic ring is 1. The summed E-state index contributed by atoms with van der Waals surface area (Å²) >= 11 is 0. The first kappa shape index (κ1) is 19.5. The number of aromatic nitrogens is 3. The molecular weight excluding hydrogens is 416 g/mol. The average molecular weight is 429 g/mol. The molecule has 4 rings (SSSR count). The van der Waals surface area contributed by atoms with Gasteiger partial charge in [-0.1, -0.05) is 12.1 Å². The maximum absolute atomic E-state index is 13.9. The lowest BCUT2D eigenvalue weighted by atomic mass is 10.0. The molecule has 2 heterocycles. The van der Waals surface area contributed by atoms with Gasteiger partial charge in [-0.25, -0.2) is 27.2 Å². The van der Waals surface area contributed by atoms with Gasteiger partial charge in [-0.05, 0) is 24.3 Å². The van der Waals surface area contributed by atoms with E-state index in [1.54, 1.807) is 0 Å². The molecule has 0 unspecified atom stereocenters. The van der Waals surface area contributed by atoms with Gasteiger partial charge in [0.15, 0.2) is 5.78 Å². The number of carbonyl (C=O) groups is 1. The van der Waals surface area contributed by atoms with Gasteiger partial charge in [-0.15, -0.1) is 0 Å². The molecule has 0 aliphatic heterocycles. The molecule has 0 radical (unpaired) electrons. The van der Waals surface area contributed by atoms with Crippen molar-refractivity contribution in [3.05, 3.63) is 77.8 Å². The third kappa shape index (κ3) is 3.46. The zero-order valence-corrected chi connectivity index (χ0v) is 15.9. The molecule has 4 aromatic rings. The molecule has 2 aromatic carbocycles. The molecule has 152 valence electrons. The number of halogens is 2. The van der Waals surface area contributed by atoms with Gasteiger partial charge < -0.3 is 10.7 Å². The Balaban J connectivity index is 1.68. The number of benzene rings is 2. The van der Waals surface area contributed by atoms with E-state index >= 15 is 0 Å². The number of nitrogens with one attached hydrogen (secondary N) is 2. The summed E-state index contributed by atoms with van der Waals surface area (Å²) in [6, 6.07) is 7.75. The third-order valence-corrected chi connectivity index (χ3v) is 5.72. The Morgan fingerprint density at radius 2 is 1.90 bits per heavy atom. The summed E-state index contributed by atoms with van der Waals surface area (Å²) in [7, 11) is -4.35. The van der Waals surface area contributed by atoms with Crippen molar-refractivity contribution in [1.29, 1.82) is 0 Å². The van der Waals surface area contributed by atoms with Crippen LogP contribution in [0.2, 0.25) is 0 Å². The van der Waals surface area contributed by atoms with E-state index < -0.39 is 32.3 Å². The van der Waals surface area contributed by atoms with Crippen LogP contribution in [-0.4, -0.2) is 29.2 Å². The molecule has 0 atom stereocenters. The van der Waals surface area contributed by atoms with E-state index in [1.165, 1.54) is 36.8 Å². The van der Waals surface area contributed by atoms with Crippen molar-refractivity contribution in [3.63, 3.8) is 0 Å². The van der Waals surface area contributed by atoms with Crippen LogP contribution in [0.4, 0.5) is 20.3 Å². The van der Waals surface area contributed by atoms with E-state index in [1.807, 2.05) is 0 Å². The van der Waals surface area contributed by atoms with Crippen LogP contribution >= 0.6 is 0 Å². The highest BCUT2D eigenvalue weighted by Crippen LogP contribution is 2.25. The monoisotopic (exact) mass is 429 g/mol.